The maximum Gasteiger partial charge on any atom is 0.165 e. The minimum atomic E-state index is 0.371. The molecule has 162 valence electrons. The van der Waals surface area contributed by atoms with E-state index in [1.165, 1.54) is 4.90 Å². The zero-order chi connectivity index (χ0) is 21.6. The first kappa shape index (κ1) is 21.7. The topological polar surface area (TPSA) is 55.5 Å². The van der Waals surface area contributed by atoms with Crippen LogP contribution in [0, 0.1) is 0 Å². The summed E-state index contributed by atoms with van der Waals surface area (Å²) in [7, 11) is 1.95. The van der Waals surface area contributed by atoms with Crippen LogP contribution in [0.1, 0.15) is 49.5 Å². The van der Waals surface area contributed by atoms with Gasteiger partial charge in [-0.05, 0) is 36.8 Å². The summed E-state index contributed by atoms with van der Waals surface area (Å²) in [6.45, 7) is 6.06. The zero-order valence-corrected chi connectivity index (χ0v) is 19.2. The van der Waals surface area contributed by atoms with Gasteiger partial charge in [-0.1, -0.05) is 44.2 Å². The van der Waals surface area contributed by atoms with E-state index in [0.29, 0.717) is 13.2 Å². The van der Waals surface area contributed by atoms with E-state index in [2.05, 4.69) is 71.1 Å². The molecule has 0 spiro atoms. The van der Waals surface area contributed by atoms with Crippen LogP contribution in [0.3, 0.4) is 0 Å². The van der Waals surface area contributed by atoms with E-state index >= 15 is 0 Å². The first-order chi connectivity index (χ1) is 15.2. The third-order valence-electron chi connectivity index (χ3n) is 5.11. The predicted octanol–water partition coefficient (Wildman–Crippen LogP) is 4.89. The van der Waals surface area contributed by atoms with Crippen molar-refractivity contribution in [2.75, 3.05) is 19.3 Å². The van der Waals surface area contributed by atoms with Gasteiger partial charge in [-0.15, -0.1) is 22.0 Å². The Morgan fingerprint density at radius 1 is 1.06 bits per heavy atom. The zero-order valence-electron chi connectivity index (χ0n) is 18.4. The molecule has 1 aliphatic heterocycles. The lowest BCUT2D eigenvalue weighted by molar-refractivity contribution is -0.152. The maximum absolute atomic E-state index is 5.91. The van der Waals surface area contributed by atoms with Crippen LogP contribution in [0.25, 0.3) is 5.69 Å². The van der Waals surface area contributed by atoms with E-state index in [0.717, 1.165) is 59.3 Å². The molecule has 0 atom stereocenters. The van der Waals surface area contributed by atoms with E-state index in [-0.39, 0.29) is 0 Å². The lowest BCUT2D eigenvalue weighted by Crippen LogP contribution is -2.21. The van der Waals surface area contributed by atoms with Crippen LogP contribution < -0.4 is 0 Å². The van der Waals surface area contributed by atoms with Gasteiger partial charge < -0.3 is 0 Å². The molecule has 1 aliphatic rings. The second-order valence-electron chi connectivity index (χ2n) is 7.55. The van der Waals surface area contributed by atoms with Gasteiger partial charge in [0.1, 0.15) is 13.2 Å². The van der Waals surface area contributed by atoms with Gasteiger partial charge in [0.15, 0.2) is 11.6 Å². The first-order valence-corrected chi connectivity index (χ1v) is 11.8. The van der Waals surface area contributed by atoms with Crippen LogP contribution in [0.2, 0.25) is 0 Å². The summed E-state index contributed by atoms with van der Waals surface area (Å²) in [4.78, 5) is 12.1. The number of hydrogen-bond acceptors (Lipinski definition) is 6. The van der Waals surface area contributed by atoms with Crippen molar-refractivity contribution in [3.05, 3.63) is 71.3 Å². The van der Waals surface area contributed by atoms with Crippen LogP contribution in [-0.2, 0) is 18.0 Å². The second-order valence-corrected chi connectivity index (χ2v) is 8.72. The van der Waals surface area contributed by atoms with Gasteiger partial charge in [0.05, 0.1) is 11.4 Å². The Labute approximate surface area is 188 Å². The highest BCUT2D eigenvalue weighted by Crippen LogP contribution is 2.30. The summed E-state index contributed by atoms with van der Waals surface area (Å²) in [6.07, 6.45) is 2.17. The van der Waals surface area contributed by atoms with Crippen LogP contribution in [0.15, 0.2) is 58.4 Å². The van der Waals surface area contributed by atoms with E-state index < -0.39 is 0 Å². The molecule has 0 fully saturated rings. The first-order valence-electron chi connectivity index (χ1n) is 10.9. The highest BCUT2D eigenvalue weighted by Gasteiger charge is 2.23. The molecule has 2 heterocycles. The monoisotopic (exact) mass is 435 g/mol. The Morgan fingerprint density at radius 3 is 2.68 bits per heavy atom. The van der Waals surface area contributed by atoms with Crippen molar-refractivity contribution >= 4 is 17.5 Å². The smallest absolute Gasteiger partial charge is 0.165 e. The van der Waals surface area contributed by atoms with Crippen LogP contribution in [-0.4, -0.2) is 44.9 Å². The van der Waals surface area contributed by atoms with Gasteiger partial charge >= 0.3 is 0 Å². The minimum absolute atomic E-state index is 0.371. The maximum atomic E-state index is 5.91. The number of aliphatic imine (C=N–C) groups is 1. The molecule has 3 aromatic rings. The fourth-order valence-corrected chi connectivity index (χ4v) is 4.47. The van der Waals surface area contributed by atoms with Crippen molar-refractivity contribution in [1.82, 2.24) is 19.8 Å². The predicted molar refractivity (Wildman–Crippen MR) is 126 cm³/mol. The molecule has 0 amide bonds. The minimum Gasteiger partial charge on any atom is -0.291 e. The van der Waals surface area contributed by atoms with Gasteiger partial charge in [0, 0.05) is 29.6 Å². The van der Waals surface area contributed by atoms with Crippen molar-refractivity contribution in [1.29, 1.82) is 0 Å². The number of hydroxylamine groups is 2. The molecule has 0 saturated heterocycles. The number of hydrogen-bond donors (Lipinski definition) is 0. The van der Waals surface area contributed by atoms with Crippen LogP contribution in [0.5, 0.6) is 0 Å². The standard InChI is InChI=1S/C24H29N5OS/c1-4-13-28(3)30-17-23-27-26-22-16-25-24(18-9-7-6-8-10-18)20-15-19(31-14-5-2)11-12-21(20)29(22)23/h6-12,15H,4-5,13-14,16-17H2,1-3H3. The van der Waals surface area contributed by atoms with E-state index in [1.54, 1.807) is 0 Å². The molecule has 4 rings (SSSR count). The Bertz CT molecular complexity index is 1050. The van der Waals surface area contributed by atoms with Gasteiger partial charge in [-0.25, -0.2) is 0 Å². The SMILES string of the molecule is CCCSc1ccc2c(c1)C(c1ccccc1)=NCc1nnc(CON(C)CCC)n1-2. The molecular weight excluding hydrogens is 406 g/mol. The Morgan fingerprint density at radius 2 is 1.90 bits per heavy atom. The fourth-order valence-electron chi connectivity index (χ4n) is 3.66. The fraction of sp³-hybridized carbons (Fsp3) is 0.375. The summed E-state index contributed by atoms with van der Waals surface area (Å²) in [6, 6.07) is 17.0. The Balaban J connectivity index is 1.76. The Hall–Kier alpha value is -2.48. The molecule has 2 aromatic carbocycles. The average molecular weight is 436 g/mol. The normalized spacial score (nSPS) is 13.0. The second kappa shape index (κ2) is 10.2. The molecule has 6 nitrogen and oxygen atoms in total. The number of thioether (sulfide) groups is 1. The number of rotatable bonds is 9. The molecule has 0 unspecified atom stereocenters. The molecule has 0 radical (unpaired) electrons. The number of nitrogens with zero attached hydrogens (tertiary/aromatic N) is 5. The molecule has 0 aliphatic carbocycles. The lowest BCUT2D eigenvalue weighted by Gasteiger charge is -2.17. The summed E-state index contributed by atoms with van der Waals surface area (Å²) in [5.74, 6) is 2.72. The third kappa shape index (κ3) is 4.89. The Kier molecular flexibility index (Phi) is 7.17. The van der Waals surface area contributed by atoms with E-state index in [9.17, 15) is 0 Å². The molecule has 31 heavy (non-hydrogen) atoms. The van der Waals surface area contributed by atoms with Gasteiger partial charge in [-0.3, -0.25) is 14.4 Å². The van der Waals surface area contributed by atoms with Crippen molar-refractivity contribution in [2.24, 2.45) is 4.99 Å². The molecule has 1 aromatic heterocycles. The molecule has 7 heteroatoms. The molecule has 0 saturated carbocycles. The van der Waals surface area contributed by atoms with Crippen molar-refractivity contribution < 1.29 is 4.84 Å². The quantitative estimate of drug-likeness (QED) is 0.354. The molecule has 0 N–H and O–H groups in total. The summed E-state index contributed by atoms with van der Waals surface area (Å²) >= 11 is 1.88. The van der Waals surface area contributed by atoms with E-state index in [4.69, 9.17) is 9.83 Å². The molecule has 0 bridgehead atoms. The highest BCUT2D eigenvalue weighted by molar-refractivity contribution is 7.99. The van der Waals surface area contributed by atoms with Crippen molar-refractivity contribution in [3.63, 3.8) is 0 Å². The van der Waals surface area contributed by atoms with Crippen LogP contribution >= 0.6 is 11.8 Å². The summed E-state index contributed by atoms with van der Waals surface area (Å²) < 4.78 is 2.11. The highest BCUT2D eigenvalue weighted by atomic mass is 32.2. The number of aromatic nitrogens is 3. The summed E-state index contributed by atoms with van der Waals surface area (Å²) in [5.41, 5.74) is 4.27. The van der Waals surface area contributed by atoms with Crippen molar-refractivity contribution in [2.45, 2.75) is 44.7 Å². The van der Waals surface area contributed by atoms with Gasteiger partial charge in [0.2, 0.25) is 0 Å². The van der Waals surface area contributed by atoms with Gasteiger partial charge in [0.25, 0.3) is 0 Å². The van der Waals surface area contributed by atoms with Crippen LogP contribution in [0.4, 0.5) is 0 Å². The number of fused-ring (bicyclic) bond motifs is 3. The van der Waals surface area contributed by atoms with Gasteiger partial charge in [-0.2, -0.15) is 5.06 Å². The lowest BCUT2D eigenvalue weighted by atomic mass is 10.0. The van der Waals surface area contributed by atoms with Crippen molar-refractivity contribution in [3.8, 4) is 5.69 Å². The number of benzene rings is 2. The average Bonchev–Trinajstić information content (AvgIpc) is 3.12. The molecular formula is C24H29N5OS. The van der Waals surface area contributed by atoms with E-state index in [1.807, 2.05) is 29.9 Å². The largest absolute Gasteiger partial charge is 0.291 e. The third-order valence-corrected chi connectivity index (χ3v) is 6.31. The summed E-state index contributed by atoms with van der Waals surface area (Å²) in [5, 5.41) is 10.7.